The first-order valence-corrected chi connectivity index (χ1v) is 13.3. The molecule has 184 valence electrons. The number of aryl methyl sites for hydroxylation is 1. The number of carbonyl (C=O) groups is 2. The van der Waals surface area contributed by atoms with E-state index in [0.29, 0.717) is 26.2 Å². The van der Waals surface area contributed by atoms with Crippen molar-refractivity contribution < 1.29 is 9.59 Å². The lowest BCUT2D eigenvalue weighted by Crippen LogP contribution is -2.54. The first-order valence-electron chi connectivity index (χ1n) is 12.5. The summed E-state index contributed by atoms with van der Waals surface area (Å²) in [4.78, 5) is 35.7. The van der Waals surface area contributed by atoms with Gasteiger partial charge in [-0.2, -0.15) is 0 Å². The predicted molar refractivity (Wildman–Crippen MR) is 138 cm³/mol. The average molecular weight is 484 g/mol. The molecule has 34 heavy (non-hydrogen) atoms. The van der Waals surface area contributed by atoms with Crippen LogP contribution in [0.25, 0.3) is 0 Å². The molecule has 0 radical (unpaired) electrons. The number of nitrogens with one attached hydrogen (secondary N) is 1. The van der Waals surface area contributed by atoms with Crippen LogP contribution in [0.5, 0.6) is 0 Å². The van der Waals surface area contributed by atoms with Crippen LogP contribution in [0.15, 0.2) is 41.8 Å². The van der Waals surface area contributed by atoms with Gasteiger partial charge in [-0.15, -0.1) is 11.3 Å². The van der Waals surface area contributed by atoms with E-state index < -0.39 is 0 Å². The van der Waals surface area contributed by atoms with Crippen LogP contribution in [-0.2, 0) is 22.4 Å². The standard InChI is InChI=1S/C26H37N5O2S/c1-2-22-6-3-4-8-24(22)27-25(32)20-29-15-17-31(18-16-29)26(33)21-30-13-11-28(12-14-30)10-9-23-7-5-19-34-23/h3-8,19H,2,9-18,20-21H2,1H3,(H,27,32). The van der Waals surface area contributed by atoms with E-state index in [4.69, 9.17) is 0 Å². The highest BCUT2D eigenvalue weighted by atomic mass is 32.1. The summed E-state index contributed by atoms with van der Waals surface area (Å²) in [6, 6.07) is 12.3. The summed E-state index contributed by atoms with van der Waals surface area (Å²) in [6.07, 6.45) is 2.01. The molecule has 0 aliphatic carbocycles. The second-order valence-electron chi connectivity index (χ2n) is 9.16. The van der Waals surface area contributed by atoms with Crippen molar-refractivity contribution in [2.75, 3.05) is 77.3 Å². The van der Waals surface area contributed by atoms with E-state index in [1.54, 1.807) is 0 Å². The van der Waals surface area contributed by atoms with Crippen LogP contribution in [0.3, 0.4) is 0 Å². The lowest BCUT2D eigenvalue weighted by atomic mass is 10.1. The number of carbonyl (C=O) groups excluding carboxylic acids is 2. The third-order valence-electron chi connectivity index (χ3n) is 6.84. The fourth-order valence-corrected chi connectivity index (χ4v) is 5.38. The van der Waals surface area contributed by atoms with Crippen LogP contribution in [-0.4, -0.2) is 103 Å². The summed E-state index contributed by atoms with van der Waals surface area (Å²) in [6.45, 7) is 10.9. The summed E-state index contributed by atoms with van der Waals surface area (Å²) in [7, 11) is 0. The molecule has 0 spiro atoms. The SMILES string of the molecule is CCc1ccccc1NC(=O)CN1CCN(C(=O)CN2CCN(CCc3cccs3)CC2)CC1. The lowest BCUT2D eigenvalue weighted by Gasteiger charge is -2.37. The average Bonchev–Trinajstić information content (AvgIpc) is 3.38. The normalized spacial score (nSPS) is 18.2. The minimum absolute atomic E-state index is 0.0117. The fourth-order valence-electron chi connectivity index (χ4n) is 4.68. The quantitative estimate of drug-likeness (QED) is 0.593. The summed E-state index contributed by atoms with van der Waals surface area (Å²) in [5, 5.41) is 5.19. The van der Waals surface area contributed by atoms with Crippen molar-refractivity contribution in [3.8, 4) is 0 Å². The Labute approximate surface area is 207 Å². The van der Waals surface area contributed by atoms with Crippen molar-refractivity contribution in [3.63, 3.8) is 0 Å². The van der Waals surface area contributed by atoms with Gasteiger partial charge in [-0.3, -0.25) is 19.4 Å². The van der Waals surface area contributed by atoms with E-state index in [-0.39, 0.29) is 11.8 Å². The van der Waals surface area contributed by atoms with Gasteiger partial charge in [-0.25, -0.2) is 0 Å². The minimum Gasteiger partial charge on any atom is -0.339 e. The molecule has 1 aromatic carbocycles. The molecule has 8 heteroatoms. The number of hydrogen-bond acceptors (Lipinski definition) is 6. The number of anilines is 1. The highest BCUT2D eigenvalue weighted by Gasteiger charge is 2.25. The Morgan fingerprint density at radius 3 is 2.24 bits per heavy atom. The zero-order valence-corrected chi connectivity index (χ0v) is 21.1. The van der Waals surface area contributed by atoms with Crippen molar-refractivity contribution in [2.45, 2.75) is 19.8 Å². The van der Waals surface area contributed by atoms with Crippen LogP contribution in [0.2, 0.25) is 0 Å². The van der Waals surface area contributed by atoms with E-state index in [0.717, 1.165) is 69.9 Å². The zero-order chi connectivity index (χ0) is 23.8. The van der Waals surface area contributed by atoms with E-state index >= 15 is 0 Å². The number of nitrogens with zero attached hydrogens (tertiary/aromatic N) is 4. The van der Waals surface area contributed by atoms with Crippen LogP contribution < -0.4 is 5.32 Å². The molecule has 0 saturated carbocycles. The Bertz CT molecular complexity index is 919. The monoisotopic (exact) mass is 483 g/mol. The maximum atomic E-state index is 12.8. The molecular weight excluding hydrogens is 446 g/mol. The van der Waals surface area contributed by atoms with E-state index in [9.17, 15) is 9.59 Å². The number of benzene rings is 1. The molecule has 2 aliphatic rings. The Hall–Kier alpha value is -2.26. The summed E-state index contributed by atoms with van der Waals surface area (Å²) >= 11 is 1.83. The first kappa shape index (κ1) is 24.9. The largest absolute Gasteiger partial charge is 0.339 e. The van der Waals surface area contributed by atoms with Gasteiger partial charge >= 0.3 is 0 Å². The van der Waals surface area contributed by atoms with Gasteiger partial charge in [0.25, 0.3) is 0 Å². The molecule has 1 aromatic heterocycles. The Balaban J connectivity index is 1.12. The van der Waals surface area contributed by atoms with Crippen LogP contribution in [0.1, 0.15) is 17.4 Å². The molecular formula is C26H37N5O2S. The van der Waals surface area contributed by atoms with Gasteiger partial charge in [0.15, 0.2) is 0 Å². The smallest absolute Gasteiger partial charge is 0.238 e. The molecule has 0 atom stereocenters. The number of para-hydroxylation sites is 1. The molecule has 7 nitrogen and oxygen atoms in total. The van der Waals surface area contributed by atoms with Crippen molar-refractivity contribution in [3.05, 3.63) is 52.2 Å². The van der Waals surface area contributed by atoms with Crippen molar-refractivity contribution in [1.82, 2.24) is 19.6 Å². The number of hydrogen-bond donors (Lipinski definition) is 1. The second-order valence-corrected chi connectivity index (χ2v) is 10.2. The lowest BCUT2D eigenvalue weighted by molar-refractivity contribution is -0.134. The third kappa shape index (κ3) is 7.12. The van der Waals surface area contributed by atoms with Crippen LogP contribution >= 0.6 is 11.3 Å². The summed E-state index contributed by atoms with van der Waals surface area (Å²) in [5.74, 6) is 0.227. The van der Waals surface area contributed by atoms with Gasteiger partial charge in [0.2, 0.25) is 11.8 Å². The van der Waals surface area contributed by atoms with E-state index in [1.165, 1.54) is 4.88 Å². The molecule has 2 amide bonds. The van der Waals surface area contributed by atoms with Crippen LogP contribution in [0.4, 0.5) is 5.69 Å². The van der Waals surface area contributed by atoms with Crippen molar-refractivity contribution in [2.24, 2.45) is 0 Å². The number of amides is 2. The van der Waals surface area contributed by atoms with Gasteiger partial charge in [-0.05, 0) is 35.9 Å². The predicted octanol–water partition coefficient (Wildman–Crippen LogP) is 2.25. The van der Waals surface area contributed by atoms with Crippen molar-refractivity contribution >= 4 is 28.8 Å². The maximum Gasteiger partial charge on any atom is 0.238 e. The van der Waals surface area contributed by atoms with E-state index in [2.05, 4.69) is 44.5 Å². The molecule has 2 aromatic rings. The third-order valence-corrected chi connectivity index (χ3v) is 7.78. The molecule has 0 bridgehead atoms. The maximum absolute atomic E-state index is 12.8. The Morgan fingerprint density at radius 1 is 0.853 bits per heavy atom. The van der Waals surface area contributed by atoms with Crippen molar-refractivity contribution in [1.29, 1.82) is 0 Å². The Morgan fingerprint density at radius 2 is 1.53 bits per heavy atom. The molecule has 2 saturated heterocycles. The zero-order valence-electron chi connectivity index (χ0n) is 20.2. The van der Waals surface area contributed by atoms with Gasteiger partial charge in [0.1, 0.15) is 0 Å². The molecule has 3 heterocycles. The number of thiophene rings is 1. The summed E-state index contributed by atoms with van der Waals surface area (Å²) in [5.41, 5.74) is 2.05. The van der Waals surface area contributed by atoms with Gasteiger partial charge in [-0.1, -0.05) is 31.2 Å². The van der Waals surface area contributed by atoms with Gasteiger partial charge < -0.3 is 15.1 Å². The molecule has 2 fully saturated rings. The number of rotatable bonds is 9. The minimum atomic E-state index is 0.0117. The van der Waals surface area contributed by atoms with Gasteiger partial charge in [0.05, 0.1) is 13.1 Å². The second kappa shape index (κ2) is 12.4. The molecule has 0 unspecified atom stereocenters. The van der Waals surface area contributed by atoms with Crippen LogP contribution in [0, 0.1) is 0 Å². The number of piperazine rings is 2. The first-order chi connectivity index (χ1) is 16.6. The highest BCUT2D eigenvalue weighted by Crippen LogP contribution is 2.16. The Kier molecular flexibility index (Phi) is 9.10. The fraction of sp³-hybridized carbons (Fsp3) is 0.538. The molecule has 2 aliphatic heterocycles. The van der Waals surface area contributed by atoms with E-state index in [1.807, 2.05) is 40.5 Å². The highest BCUT2D eigenvalue weighted by molar-refractivity contribution is 7.09. The van der Waals surface area contributed by atoms with Gasteiger partial charge in [0, 0.05) is 69.5 Å². The topological polar surface area (TPSA) is 59.1 Å². The summed E-state index contributed by atoms with van der Waals surface area (Å²) < 4.78 is 0. The molecule has 1 N–H and O–H groups in total. The molecule has 4 rings (SSSR count).